The molecule has 2 unspecified atom stereocenters. The zero-order valence-corrected chi connectivity index (χ0v) is 11.6. The second kappa shape index (κ2) is 5.95. The van der Waals surface area contributed by atoms with Gasteiger partial charge >= 0.3 is 5.97 Å². The van der Waals surface area contributed by atoms with Gasteiger partial charge < -0.3 is 15.8 Å². The number of nitrogen functional groups attached to an aromatic ring is 1. The van der Waals surface area contributed by atoms with E-state index in [4.69, 9.17) is 10.5 Å². The van der Waals surface area contributed by atoms with Gasteiger partial charge in [0, 0.05) is 6.04 Å². The molecule has 0 spiro atoms. The summed E-state index contributed by atoms with van der Waals surface area (Å²) in [5, 5.41) is 3.42. The fourth-order valence-corrected chi connectivity index (χ4v) is 2.39. The van der Waals surface area contributed by atoms with Crippen LogP contribution < -0.4 is 11.1 Å². The predicted octanol–water partition coefficient (Wildman–Crippen LogP) is 3.05. The van der Waals surface area contributed by atoms with Crippen molar-refractivity contribution in [2.24, 2.45) is 5.92 Å². The van der Waals surface area contributed by atoms with E-state index in [1.165, 1.54) is 19.3 Å². The molecule has 0 aromatic heterocycles. The molecule has 4 heteroatoms. The van der Waals surface area contributed by atoms with Gasteiger partial charge in [0.15, 0.2) is 0 Å². The van der Waals surface area contributed by atoms with Crippen molar-refractivity contribution in [2.75, 3.05) is 17.7 Å². The van der Waals surface area contributed by atoms with E-state index in [1.807, 2.05) is 12.1 Å². The average molecular weight is 262 g/mol. The van der Waals surface area contributed by atoms with E-state index >= 15 is 0 Å². The molecule has 1 fully saturated rings. The third-order valence-electron chi connectivity index (χ3n) is 3.52. The van der Waals surface area contributed by atoms with E-state index in [9.17, 15) is 4.79 Å². The minimum Gasteiger partial charge on any atom is -0.462 e. The molecule has 0 bridgehead atoms. The van der Waals surface area contributed by atoms with E-state index < -0.39 is 0 Å². The Bertz CT molecular complexity index is 459. The standard InChI is InChI=1S/C15H22N2O2/c1-3-6-10-9-13(10)17-12-8-5-7-11(14(12)16)15(18)19-4-2/h5,7-8,10,13,17H,3-4,6,9,16H2,1-2H3. The van der Waals surface area contributed by atoms with Crippen LogP contribution in [0.1, 0.15) is 43.5 Å². The van der Waals surface area contributed by atoms with Crippen LogP contribution in [-0.4, -0.2) is 18.6 Å². The van der Waals surface area contributed by atoms with Crippen molar-refractivity contribution < 1.29 is 9.53 Å². The highest BCUT2D eigenvalue weighted by Crippen LogP contribution is 2.38. The van der Waals surface area contributed by atoms with Crippen molar-refractivity contribution >= 4 is 17.3 Å². The lowest BCUT2D eigenvalue weighted by Gasteiger charge is -2.12. The van der Waals surface area contributed by atoms with Gasteiger partial charge in [-0.2, -0.15) is 0 Å². The molecule has 0 saturated heterocycles. The Kier molecular flexibility index (Phi) is 4.30. The van der Waals surface area contributed by atoms with Crippen LogP contribution in [0.4, 0.5) is 11.4 Å². The molecule has 0 radical (unpaired) electrons. The molecule has 1 aliphatic rings. The summed E-state index contributed by atoms with van der Waals surface area (Å²) in [6.07, 6.45) is 3.65. The van der Waals surface area contributed by atoms with E-state index in [0.717, 1.165) is 11.6 Å². The Morgan fingerprint density at radius 2 is 2.26 bits per heavy atom. The number of carbonyl (C=O) groups excluding carboxylic acids is 1. The second-order valence-corrected chi connectivity index (χ2v) is 5.02. The molecule has 1 aromatic rings. The molecule has 2 rings (SSSR count). The highest BCUT2D eigenvalue weighted by atomic mass is 16.5. The average Bonchev–Trinajstić information content (AvgIpc) is 3.11. The minimum atomic E-state index is -0.357. The first-order valence-corrected chi connectivity index (χ1v) is 6.99. The molecule has 1 saturated carbocycles. The van der Waals surface area contributed by atoms with E-state index in [-0.39, 0.29) is 5.97 Å². The quantitative estimate of drug-likeness (QED) is 0.611. The van der Waals surface area contributed by atoms with Gasteiger partial charge in [-0.3, -0.25) is 0 Å². The van der Waals surface area contributed by atoms with Gasteiger partial charge in [0.25, 0.3) is 0 Å². The number of carbonyl (C=O) groups is 1. The fourth-order valence-electron chi connectivity index (χ4n) is 2.39. The van der Waals surface area contributed by atoms with Crippen molar-refractivity contribution in [3.63, 3.8) is 0 Å². The summed E-state index contributed by atoms with van der Waals surface area (Å²) in [6, 6.07) is 5.95. The Labute approximate surface area is 114 Å². The topological polar surface area (TPSA) is 64.3 Å². The van der Waals surface area contributed by atoms with Gasteiger partial charge in [-0.15, -0.1) is 0 Å². The smallest absolute Gasteiger partial charge is 0.340 e. The zero-order chi connectivity index (χ0) is 13.8. The molecule has 2 atom stereocenters. The Morgan fingerprint density at radius 3 is 2.95 bits per heavy atom. The van der Waals surface area contributed by atoms with Crippen LogP contribution in [0, 0.1) is 5.92 Å². The minimum absolute atomic E-state index is 0.357. The van der Waals surface area contributed by atoms with Crippen LogP contribution >= 0.6 is 0 Å². The first-order chi connectivity index (χ1) is 9.17. The van der Waals surface area contributed by atoms with Gasteiger partial charge in [0.1, 0.15) is 0 Å². The normalized spacial score (nSPS) is 20.9. The lowest BCUT2D eigenvalue weighted by Crippen LogP contribution is -2.12. The number of nitrogens with two attached hydrogens (primary N) is 1. The number of para-hydroxylation sites is 1. The van der Waals surface area contributed by atoms with E-state index in [1.54, 1.807) is 13.0 Å². The third kappa shape index (κ3) is 3.19. The summed E-state index contributed by atoms with van der Waals surface area (Å²) in [5.41, 5.74) is 7.82. The number of hydrogen-bond donors (Lipinski definition) is 2. The van der Waals surface area contributed by atoms with Crippen LogP contribution in [0.25, 0.3) is 0 Å². The Balaban J connectivity index is 2.06. The predicted molar refractivity (Wildman–Crippen MR) is 77.2 cm³/mol. The van der Waals surface area contributed by atoms with Crippen molar-refractivity contribution in [3.05, 3.63) is 23.8 Å². The van der Waals surface area contributed by atoms with Gasteiger partial charge in [-0.25, -0.2) is 4.79 Å². The second-order valence-electron chi connectivity index (χ2n) is 5.02. The molecule has 0 amide bonds. The molecule has 104 valence electrons. The molecular formula is C15H22N2O2. The molecule has 0 heterocycles. The lowest BCUT2D eigenvalue weighted by atomic mass is 10.1. The van der Waals surface area contributed by atoms with Gasteiger partial charge in [0.05, 0.1) is 23.5 Å². The maximum absolute atomic E-state index is 11.8. The van der Waals surface area contributed by atoms with Gasteiger partial charge in [-0.1, -0.05) is 19.4 Å². The maximum Gasteiger partial charge on any atom is 0.340 e. The summed E-state index contributed by atoms with van der Waals surface area (Å²) in [4.78, 5) is 11.8. The Morgan fingerprint density at radius 1 is 1.47 bits per heavy atom. The monoisotopic (exact) mass is 262 g/mol. The number of esters is 1. The molecule has 4 nitrogen and oxygen atoms in total. The van der Waals surface area contributed by atoms with Gasteiger partial charge in [-0.05, 0) is 37.8 Å². The molecule has 0 aliphatic heterocycles. The molecule has 1 aromatic carbocycles. The van der Waals surface area contributed by atoms with Crippen LogP contribution in [0.3, 0.4) is 0 Å². The van der Waals surface area contributed by atoms with Crippen molar-refractivity contribution in [3.8, 4) is 0 Å². The number of benzene rings is 1. The first kappa shape index (κ1) is 13.7. The fraction of sp³-hybridized carbons (Fsp3) is 0.533. The molecule has 3 N–H and O–H groups in total. The molecule has 1 aliphatic carbocycles. The zero-order valence-electron chi connectivity index (χ0n) is 11.6. The van der Waals surface area contributed by atoms with Crippen LogP contribution in [0.2, 0.25) is 0 Å². The number of nitrogens with one attached hydrogen (secondary N) is 1. The number of rotatable bonds is 6. The highest BCUT2D eigenvalue weighted by Gasteiger charge is 2.36. The third-order valence-corrected chi connectivity index (χ3v) is 3.52. The lowest BCUT2D eigenvalue weighted by molar-refractivity contribution is 0.0527. The highest BCUT2D eigenvalue weighted by molar-refractivity contribution is 5.98. The largest absolute Gasteiger partial charge is 0.462 e. The molecule has 19 heavy (non-hydrogen) atoms. The summed E-state index contributed by atoms with van der Waals surface area (Å²) in [6.45, 7) is 4.35. The summed E-state index contributed by atoms with van der Waals surface area (Å²) in [7, 11) is 0. The van der Waals surface area contributed by atoms with Crippen LogP contribution in [0.5, 0.6) is 0 Å². The van der Waals surface area contributed by atoms with Gasteiger partial charge in [0.2, 0.25) is 0 Å². The number of ether oxygens (including phenoxy) is 1. The summed E-state index contributed by atoms with van der Waals surface area (Å²) >= 11 is 0. The van der Waals surface area contributed by atoms with Crippen LogP contribution in [0.15, 0.2) is 18.2 Å². The first-order valence-electron chi connectivity index (χ1n) is 6.99. The molecular weight excluding hydrogens is 240 g/mol. The summed E-state index contributed by atoms with van der Waals surface area (Å²) in [5.74, 6) is 0.389. The summed E-state index contributed by atoms with van der Waals surface area (Å²) < 4.78 is 5.00. The van der Waals surface area contributed by atoms with E-state index in [2.05, 4.69) is 12.2 Å². The van der Waals surface area contributed by atoms with Crippen molar-refractivity contribution in [1.82, 2.24) is 0 Å². The number of hydrogen-bond acceptors (Lipinski definition) is 4. The Hall–Kier alpha value is -1.71. The van der Waals surface area contributed by atoms with E-state index in [0.29, 0.717) is 23.9 Å². The number of anilines is 2. The van der Waals surface area contributed by atoms with Crippen molar-refractivity contribution in [1.29, 1.82) is 0 Å². The van der Waals surface area contributed by atoms with Crippen LogP contribution in [-0.2, 0) is 4.74 Å². The van der Waals surface area contributed by atoms with Crippen molar-refractivity contribution in [2.45, 2.75) is 39.2 Å². The maximum atomic E-state index is 11.8. The SMILES string of the molecule is CCCC1CC1Nc1cccc(C(=O)OCC)c1N.